The Balaban J connectivity index is 2.33. The van der Waals surface area contributed by atoms with Crippen LogP contribution in [-0.4, -0.2) is 4.98 Å². The fraction of sp³-hybridized carbons (Fsp3) is 0. The number of pyridine rings is 1. The maximum atomic E-state index is 12.2. The quantitative estimate of drug-likeness (QED) is 0.671. The molecule has 1 aromatic carbocycles. The number of nitriles is 1. The second-order valence-electron chi connectivity index (χ2n) is 3.56. The van der Waals surface area contributed by atoms with Crippen molar-refractivity contribution in [2.75, 3.05) is 4.72 Å². The van der Waals surface area contributed by atoms with E-state index >= 15 is 0 Å². The first-order valence-corrected chi connectivity index (χ1v) is 6.05. The molecule has 1 heterocycles. The summed E-state index contributed by atoms with van der Waals surface area (Å²) in [6, 6.07) is 12.3. The fourth-order valence-corrected chi connectivity index (χ4v) is 1.65. The lowest BCUT2D eigenvalue weighted by Crippen LogP contribution is -1.87. The minimum Gasteiger partial charge on any atom is -0.302 e. The summed E-state index contributed by atoms with van der Waals surface area (Å²) < 4.78 is 14.6. The summed E-state index contributed by atoms with van der Waals surface area (Å²) in [5, 5.41) is 8.90. The number of benzene rings is 1. The molecular formula is C14H8FN3S. The average Bonchev–Trinajstić information content (AvgIpc) is 2.46. The zero-order chi connectivity index (χ0) is 13.5. The molecule has 92 valence electrons. The van der Waals surface area contributed by atoms with Crippen molar-refractivity contribution in [1.29, 1.82) is 5.26 Å². The van der Waals surface area contributed by atoms with E-state index in [1.807, 2.05) is 18.2 Å². The molecule has 2 rings (SSSR count). The van der Waals surface area contributed by atoms with Gasteiger partial charge in [0.1, 0.15) is 5.69 Å². The lowest BCUT2D eigenvalue weighted by Gasteiger charge is -2.01. The summed E-state index contributed by atoms with van der Waals surface area (Å²) in [6.07, 6.45) is 1.66. The van der Waals surface area contributed by atoms with Crippen molar-refractivity contribution in [3.05, 3.63) is 59.4 Å². The second-order valence-corrected chi connectivity index (χ2v) is 3.91. The van der Waals surface area contributed by atoms with Gasteiger partial charge < -0.3 is 4.72 Å². The first kappa shape index (κ1) is 12.9. The average molecular weight is 269 g/mol. The Morgan fingerprint density at radius 2 is 2.00 bits per heavy atom. The summed E-state index contributed by atoms with van der Waals surface area (Å²) in [5.74, 6) is 5.78. The van der Waals surface area contributed by atoms with Gasteiger partial charge in [-0.25, -0.2) is 4.98 Å². The molecule has 0 atom stereocenters. The minimum absolute atomic E-state index is 0.0229. The maximum absolute atomic E-state index is 12.2. The van der Waals surface area contributed by atoms with Crippen molar-refractivity contribution in [3.63, 3.8) is 0 Å². The molecule has 0 aliphatic rings. The summed E-state index contributed by atoms with van der Waals surface area (Å²) in [7, 11) is 0. The highest BCUT2D eigenvalue weighted by atomic mass is 32.2. The number of nitrogens with zero attached hydrogens (tertiary/aromatic N) is 2. The molecule has 0 saturated heterocycles. The molecule has 0 aliphatic carbocycles. The van der Waals surface area contributed by atoms with E-state index in [1.54, 1.807) is 30.5 Å². The van der Waals surface area contributed by atoms with Gasteiger partial charge in [-0.1, -0.05) is 12.0 Å². The predicted molar refractivity (Wildman–Crippen MR) is 73.7 cm³/mol. The number of anilines is 1. The van der Waals surface area contributed by atoms with Crippen molar-refractivity contribution < 1.29 is 3.89 Å². The normalized spacial score (nSPS) is 9.05. The van der Waals surface area contributed by atoms with E-state index in [0.717, 1.165) is 0 Å². The highest BCUT2D eigenvalue weighted by molar-refractivity contribution is 7.95. The van der Waals surface area contributed by atoms with Crippen LogP contribution in [0.5, 0.6) is 0 Å². The zero-order valence-corrected chi connectivity index (χ0v) is 10.5. The molecule has 2 aromatic rings. The van der Waals surface area contributed by atoms with Gasteiger partial charge in [0, 0.05) is 17.4 Å². The number of halogens is 1. The van der Waals surface area contributed by atoms with Crippen LogP contribution in [0.15, 0.2) is 42.6 Å². The molecule has 0 radical (unpaired) electrons. The molecule has 0 saturated carbocycles. The van der Waals surface area contributed by atoms with Crippen molar-refractivity contribution in [2.24, 2.45) is 0 Å². The predicted octanol–water partition coefficient (Wildman–Crippen LogP) is 3.30. The molecule has 0 aliphatic heterocycles. The van der Waals surface area contributed by atoms with Crippen LogP contribution in [0.4, 0.5) is 9.57 Å². The molecule has 0 bridgehead atoms. The van der Waals surface area contributed by atoms with Gasteiger partial charge in [0.2, 0.25) is 0 Å². The van der Waals surface area contributed by atoms with Crippen LogP contribution in [0.25, 0.3) is 0 Å². The van der Waals surface area contributed by atoms with Crippen molar-refractivity contribution >= 4 is 18.0 Å². The first-order valence-electron chi connectivity index (χ1n) is 5.33. The molecule has 0 spiro atoms. The highest BCUT2D eigenvalue weighted by Gasteiger charge is 1.99. The highest BCUT2D eigenvalue weighted by Crippen LogP contribution is 2.17. The molecule has 1 N–H and O–H groups in total. The maximum Gasteiger partial charge on any atom is 0.162 e. The Morgan fingerprint density at radius 1 is 1.16 bits per heavy atom. The van der Waals surface area contributed by atoms with E-state index in [2.05, 4.69) is 21.5 Å². The number of nitrogens with one attached hydrogen (secondary N) is 1. The van der Waals surface area contributed by atoms with E-state index in [1.165, 1.54) is 0 Å². The van der Waals surface area contributed by atoms with E-state index in [4.69, 9.17) is 5.26 Å². The third kappa shape index (κ3) is 3.74. The monoisotopic (exact) mass is 269 g/mol. The Kier molecular flexibility index (Phi) is 4.39. The summed E-state index contributed by atoms with van der Waals surface area (Å²) in [4.78, 5) is 4.08. The van der Waals surface area contributed by atoms with Gasteiger partial charge >= 0.3 is 0 Å². The number of rotatable bonds is 2. The van der Waals surface area contributed by atoms with Gasteiger partial charge in [0.25, 0.3) is 0 Å². The lowest BCUT2D eigenvalue weighted by atomic mass is 10.1. The molecule has 0 unspecified atom stereocenters. The van der Waals surface area contributed by atoms with Gasteiger partial charge in [0.15, 0.2) is 12.3 Å². The topological polar surface area (TPSA) is 48.7 Å². The van der Waals surface area contributed by atoms with Gasteiger partial charge in [0.05, 0.1) is 11.6 Å². The summed E-state index contributed by atoms with van der Waals surface area (Å²) in [6.45, 7) is 0. The molecule has 5 heteroatoms. The third-order valence-corrected chi connectivity index (χ3v) is 2.53. The van der Waals surface area contributed by atoms with Crippen molar-refractivity contribution in [1.82, 2.24) is 4.98 Å². The van der Waals surface area contributed by atoms with Crippen LogP contribution in [-0.2, 0) is 0 Å². The van der Waals surface area contributed by atoms with Crippen LogP contribution in [0.2, 0.25) is 0 Å². The van der Waals surface area contributed by atoms with Gasteiger partial charge in [-0.05, 0) is 36.3 Å². The largest absolute Gasteiger partial charge is 0.302 e. The Morgan fingerprint density at radius 3 is 2.68 bits per heavy atom. The van der Waals surface area contributed by atoms with Crippen LogP contribution < -0.4 is 4.72 Å². The summed E-state index contributed by atoms with van der Waals surface area (Å²) in [5.41, 5.74) is 2.18. The van der Waals surface area contributed by atoms with E-state index in [9.17, 15) is 3.89 Å². The lowest BCUT2D eigenvalue weighted by molar-refractivity contribution is 0.943. The van der Waals surface area contributed by atoms with E-state index in [-0.39, 0.29) is 12.3 Å². The zero-order valence-electron chi connectivity index (χ0n) is 9.72. The van der Waals surface area contributed by atoms with E-state index < -0.39 is 0 Å². The van der Waals surface area contributed by atoms with E-state index in [0.29, 0.717) is 22.5 Å². The van der Waals surface area contributed by atoms with Crippen LogP contribution in [0.1, 0.15) is 16.8 Å². The third-order valence-electron chi connectivity index (χ3n) is 2.22. The van der Waals surface area contributed by atoms with Crippen LogP contribution in [0.3, 0.4) is 0 Å². The SMILES string of the molecule is N#Cc1cc(C#Cc2ccccn2)cc(NSF)c1. The number of hydrogen-bond donors (Lipinski definition) is 1. The van der Waals surface area contributed by atoms with Gasteiger partial charge in [-0.15, -0.1) is 3.89 Å². The van der Waals surface area contributed by atoms with Crippen molar-refractivity contribution in [2.45, 2.75) is 0 Å². The molecule has 0 amide bonds. The molecule has 0 fully saturated rings. The fourth-order valence-electron chi connectivity index (χ4n) is 1.44. The van der Waals surface area contributed by atoms with Gasteiger partial charge in [-0.3, -0.25) is 0 Å². The van der Waals surface area contributed by atoms with Gasteiger partial charge in [-0.2, -0.15) is 5.26 Å². The van der Waals surface area contributed by atoms with Crippen molar-refractivity contribution in [3.8, 4) is 17.9 Å². The molecule has 19 heavy (non-hydrogen) atoms. The first-order chi connectivity index (χ1) is 9.31. The Hall–Kier alpha value is -2.50. The number of hydrogen-bond acceptors (Lipinski definition) is 4. The second kappa shape index (κ2) is 6.44. The minimum atomic E-state index is -0.0229. The smallest absolute Gasteiger partial charge is 0.162 e. The Bertz CT molecular complexity index is 669. The van der Waals surface area contributed by atoms with Crippen LogP contribution in [0, 0.1) is 23.2 Å². The summed E-state index contributed by atoms with van der Waals surface area (Å²) >= 11 is -0.0229. The molecule has 1 aromatic heterocycles. The molecule has 3 nitrogen and oxygen atoms in total. The standard InChI is InChI=1S/C14H8FN3S/c15-19-18-14-8-11(7-12(9-14)10-16)4-5-13-3-1-2-6-17-13/h1-3,6-9,18H. The Labute approximate surface area is 114 Å². The number of aromatic nitrogens is 1. The van der Waals surface area contributed by atoms with Crippen LogP contribution >= 0.6 is 12.3 Å². The molecular weight excluding hydrogens is 261 g/mol.